The molecule has 0 radical (unpaired) electrons. The Kier molecular flexibility index (Phi) is 5.80. The lowest BCUT2D eigenvalue weighted by atomic mass is 9.99. The van der Waals surface area contributed by atoms with Crippen molar-refractivity contribution in [1.82, 2.24) is 9.38 Å². The first kappa shape index (κ1) is 27.3. The smallest absolute Gasteiger partial charge is 0.156 e. The van der Waals surface area contributed by atoms with Gasteiger partial charge >= 0.3 is 0 Å². The Labute approximate surface area is 290 Å². The Bertz CT molecular complexity index is 3020. The number of benzene rings is 7. The monoisotopic (exact) mass is 658 g/mol. The molecule has 0 atom stereocenters. The minimum atomic E-state index is 1.02. The second-order valence-corrected chi connectivity index (χ2v) is 14.9. The molecule has 49 heavy (non-hydrogen) atoms. The summed E-state index contributed by atoms with van der Waals surface area (Å²) in [6.07, 6.45) is 4.48. The van der Waals surface area contributed by atoms with Gasteiger partial charge < -0.3 is 0 Å². The summed E-state index contributed by atoms with van der Waals surface area (Å²) in [4.78, 5) is 8.03. The number of hydrogen-bond donors (Lipinski definition) is 0. The van der Waals surface area contributed by atoms with E-state index < -0.39 is 0 Å². The van der Waals surface area contributed by atoms with Gasteiger partial charge in [-0.1, -0.05) is 121 Å². The molecule has 10 aromatic rings. The van der Waals surface area contributed by atoms with Crippen molar-refractivity contribution in [1.29, 1.82) is 0 Å². The van der Waals surface area contributed by atoms with Gasteiger partial charge in [0.25, 0.3) is 0 Å². The summed E-state index contributed by atoms with van der Waals surface area (Å²) in [5.41, 5.74) is 10.5. The molecule has 0 aliphatic carbocycles. The highest BCUT2D eigenvalue weighted by Crippen LogP contribution is 2.43. The SMILES string of the molecule is C1=Cc2cc(-c3ccc(-c4cc5c6ccccc6sc5c5nc6c7cc8ccccc8cc7ccc6n45)cc3)ccc2Sc2ccccc21. The third-order valence-corrected chi connectivity index (χ3v) is 12.3. The highest BCUT2D eigenvalue weighted by Gasteiger charge is 2.19. The van der Waals surface area contributed by atoms with Crippen LogP contribution < -0.4 is 0 Å². The van der Waals surface area contributed by atoms with Crippen LogP contribution in [0.2, 0.25) is 0 Å². The third kappa shape index (κ3) is 4.18. The number of pyridine rings is 1. The van der Waals surface area contributed by atoms with Gasteiger partial charge in [0.1, 0.15) is 0 Å². The Balaban J connectivity index is 1.10. The van der Waals surface area contributed by atoms with Gasteiger partial charge in [0.2, 0.25) is 0 Å². The zero-order valence-electron chi connectivity index (χ0n) is 26.2. The van der Waals surface area contributed by atoms with Crippen LogP contribution in [0.15, 0.2) is 155 Å². The van der Waals surface area contributed by atoms with Crippen LogP contribution in [-0.2, 0) is 0 Å². The van der Waals surface area contributed by atoms with Crippen molar-refractivity contribution in [3.05, 3.63) is 157 Å². The summed E-state index contributed by atoms with van der Waals surface area (Å²) in [5.74, 6) is 0. The zero-order valence-corrected chi connectivity index (χ0v) is 27.9. The van der Waals surface area contributed by atoms with Gasteiger partial charge in [-0.05, 0) is 92.5 Å². The van der Waals surface area contributed by atoms with E-state index >= 15 is 0 Å². The summed E-state index contributed by atoms with van der Waals surface area (Å²) >= 11 is 3.68. The standard InChI is InChI=1S/C45H26N2S2/c1-2-9-31-25-36-33(23-30(31)8-1)19-21-38-43(36)46-45-44-37(35-10-4-6-12-42(35)49-44)26-39(47(38)45)28-15-13-27(14-16-28)32-20-22-41-34(24-32)18-17-29-7-3-5-11-40(29)48-41/h1-26H. The fourth-order valence-electron chi connectivity index (χ4n) is 7.53. The number of thiophene rings is 1. The van der Waals surface area contributed by atoms with E-state index in [1.165, 1.54) is 79.3 Å². The lowest BCUT2D eigenvalue weighted by Gasteiger charge is -2.11. The molecule has 0 N–H and O–H groups in total. The molecule has 3 aromatic heterocycles. The molecule has 2 nitrogen and oxygen atoms in total. The van der Waals surface area contributed by atoms with Crippen LogP contribution in [0.5, 0.6) is 0 Å². The van der Waals surface area contributed by atoms with Crippen molar-refractivity contribution >= 4 is 93.6 Å². The lowest BCUT2D eigenvalue weighted by Crippen LogP contribution is -1.93. The normalized spacial score (nSPS) is 12.7. The van der Waals surface area contributed by atoms with E-state index in [0.29, 0.717) is 0 Å². The van der Waals surface area contributed by atoms with Crippen LogP contribution in [0.1, 0.15) is 11.1 Å². The number of aromatic nitrogens is 2. The molecular weight excluding hydrogens is 633 g/mol. The predicted molar refractivity (Wildman–Crippen MR) is 211 cm³/mol. The molecular formula is C45H26N2S2. The van der Waals surface area contributed by atoms with E-state index in [0.717, 1.165) is 22.4 Å². The lowest BCUT2D eigenvalue weighted by molar-refractivity contribution is 1.25. The summed E-state index contributed by atoms with van der Waals surface area (Å²) in [6, 6.07) is 53.3. The molecule has 0 amide bonds. The minimum absolute atomic E-state index is 1.02. The Hall–Kier alpha value is -5.68. The second-order valence-electron chi connectivity index (χ2n) is 12.8. The molecule has 0 spiro atoms. The summed E-state index contributed by atoms with van der Waals surface area (Å²) < 4.78 is 4.90. The number of imidazole rings is 1. The number of hydrogen-bond acceptors (Lipinski definition) is 3. The van der Waals surface area contributed by atoms with Crippen LogP contribution in [-0.4, -0.2) is 9.38 Å². The van der Waals surface area contributed by atoms with E-state index in [9.17, 15) is 0 Å². The first-order chi connectivity index (χ1) is 24.2. The molecule has 4 heteroatoms. The number of rotatable bonds is 2. The van der Waals surface area contributed by atoms with Gasteiger partial charge in [-0.15, -0.1) is 11.3 Å². The molecule has 0 saturated carbocycles. The van der Waals surface area contributed by atoms with Crippen molar-refractivity contribution < 1.29 is 0 Å². The molecule has 0 unspecified atom stereocenters. The fraction of sp³-hybridized carbons (Fsp3) is 0. The molecule has 7 aromatic carbocycles. The second kappa shape index (κ2) is 10.4. The van der Waals surface area contributed by atoms with E-state index in [-0.39, 0.29) is 0 Å². The first-order valence-corrected chi connectivity index (χ1v) is 18.2. The van der Waals surface area contributed by atoms with Gasteiger partial charge in [-0.25, -0.2) is 4.98 Å². The molecule has 4 heterocycles. The van der Waals surface area contributed by atoms with Crippen LogP contribution in [0, 0.1) is 0 Å². The molecule has 0 saturated heterocycles. The summed E-state index contributed by atoms with van der Waals surface area (Å²) in [5, 5.41) is 7.43. The molecule has 1 aliphatic rings. The van der Waals surface area contributed by atoms with Crippen LogP contribution in [0.3, 0.4) is 0 Å². The quantitative estimate of drug-likeness (QED) is 0.172. The van der Waals surface area contributed by atoms with Crippen LogP contribution >= 0.6 is 23.1 Å². The largest absolute Gasteiger partial charge is 0.291 e. The molecule has 0 bridgehead atoms. The van der Waals surface area contributed by atoms with Gasteiger partial charge in [-0.3, -0.25) is 4.40 Å². The number of fused-ring (bicyclic) bond motifs is 12. The van der Waals surface area contributed by atoms with E-state index in [4.69, 9.17) is 4.98 Å². The van der Waals surface area contributed by atoms with Crippen molar-refractivity contribution in [2.24, 2.45) is 0 Å². The van der Waals surface area contributed by atoms with Crippen molar-refractivity contribution in [2.45, 2.75) is 9.79 Å². The maximum absolute atomic E-state index is 5.45. The van der Waals surface area contributed by atoms with Crippen molar-refractivity contribution in [3.8, 4) is 22.4 Å². The Morgan fingerprint density at radius 2 is 1.22 bits per heavy atom. The van der Waals surface area contributed by atoms with Crippen molar-refractivity contribution in [2.75, 3.05) is 0 Å². The topological polar surface area (TPSA) is 17.3 Å². The Morgan fingerprint density at radius 3 is 2.14 bits per heavy atom. The maximum Gasteiger partial charge on any atom is 0.156 e. The van der Waals surface area contributed by atoms with Gasteiger partial charge in [-0.2, -0.15) is 0 Å². The molecule has 228 valence electrons. The summed E-state index contributed by atoms with van der Waals surface area (Å²) in [7, 11) is 0. The van der Waals surface area contributed by atoms with Crippen LogP contribution in [0.25, 0.3) is 92.9 Å². The fourth-order valence-corrected chi connectivity index (χ4v) is 9.71. The van der Waals surface area contributed by atoms with Crippen molar-refractivity contribution in [3.63, 3.8) is 0 Å². The van der Waals surface area contributed by atoms with Gasteiger partial charge in [0, 0.05) is 30.6 Å². The van der Waals surface area contributed by atoms with Gasteiger partial charge in [0.05, 0.1) is 21.4 Å². The van der Waals surface area contributed by atoms with E-state index in [1.54, 1.807) is 0 Å². The van der Waals surface area contributed by atoms with Crippen LogP contribution in [0.4, 0.5) is 0 Å². The minimum Gasteiger partial charge on any atom is -0.291 e. The zero-order chi connectivity index (χ0) is 32.1. The van der Waals surface area contributed by atoms with Gasteiger partial charge in [0.15, 0.2) is 5.65 Å². The van der Waals surface area contributed by atoms with E-state index in [2.05, 4.69) is 162 Å². The number of nitrogens with zero attached hydrogens (tertiary/aromatic N) is 2. The maximum atomic E-state index is 5.45. The third-order valence-electron chi connectivity index (χ3n) is 9.97. The Morgan fingerprint density at radius 1 is 0.490 bits per heavy atom. The molecule has 0 fully saturated rings. The first-order valence-electron chi connectivity index (χ1n) is 16.5. The summed E-state index contributed by atoms with van der Waals surface area (Å²) in [6.45, 7) is 0. The molecule has 11 rings (SSSR count). The predicted octanol–water partition coefficient (Wildman–Crippen LogP) is 13.1. The van der Waals surface area contributed by atoms with E-state index in [1.807, 2.05) is 23.1 Å². The highest BCUT2D eigenvalue weighted by atomic mass is 32.2. The average molecular weight is 659 g/mol. The molecule has 1 aliphatic heterocycles. The average Bonchev–Trinajstić information content (AvgIpc) is 3.67. The highest BCUT2D eigenvalue weighted by molar-refractivity contribution is 7.99.